The number of H-pyrrole nitrogens is 1. The standard InChI is InChI=1S/C18H15N5O/c24-17-15(9-13-11-20-16-14(13)7-4-8-19-16)22-18(23-17)21-10-12-5-2-1-3-6-12/h1-9,11,24H,10H2,(H2,21,22,23)/b13-9+. The number of anilines is 1. The van der Waals surface area contributed by atoms with Gasteiger partial charge in [0.1, 0.15) is 5.69 Å². The first-order valence-corrected chi connectivity index (χ1v) is 7.57. The predicted molar refractivity (Wildman–Crippen MR) is 94.3 cm³/mol. The minimum absolute atomic E-state index is 0.0520. The van der Waals surface area contributed by atoms with E-state index in [1.54, 1.807) is 12.4 Å². The molecule has 6 nitrogen and oxygen atoms in total. The number of allylic oxidation sites excluding steroid dienone is 1. The van der Waals surface area contributed by atoms with Crippen molar-refractivity contribution in [1.29, 1.82) is 0 Å². The van der Waals surface area contributed by atoms with Crippen molar-refractivity contribution in [2.45, 2.75) is 6.54 Å². The fraction of sp³-hybridized carbons (Fsp3) is 0.0556. The summed E-state index contributed by atoms with van der Waals surface area (Å²) in [6, 6.07) is 13.8. The van der Waals surface area contributed by atoms with E-state index < -0.39 is 0 Å². The van der Waals surface area contributed by atoms with Crippen LogP contribution < -0.4 is 5.32 Å². The Labute approximate surface area is 138 Å². The van der Waals surface area contributed by atoms with E-state index in [9.17, 15) is 5.11 Å². The molecule has 0 atom stereocenters. The minimum Gasteiger partial charge on any atom is -0.492 e. The molecule has 0 saturated carbocycles. The highest BCUT2D eigenvalue weighted by Gasteiger charge is 2.14. The number of hydrogen-bond acceptors (Lipinski definition) is 5. The van der Waals surface area contributed by atoms with Crippen LogP contribution in [0.3, 0.4) is 0 Å². The summed E-state index contributed by atoms with van der Waals surface area (Å²) in [5.74, 6) is 1.15. The van der Waals surface area contributed by atoms with Crippen LogP contribution in [0.4, 0.5) is 11.8 Å². The van der Waals surface area contributed by atoms with Gasteiger partial charge in [-0.2, -0.15) is 4.98 Å². The maximum Gasteiger partial charge on any atom is 0.238 e. The lowest BCUT2D eigenvalue weighted by Gasteiger charge is -2.02. The molecule has 118 valence electrons. The summed E-state index contributed by atoms with van der Waals surface area (Å²) in [5, 5.41) is 13.2. The molecule has 1 aromatic carbocycles. The Kier molecular flexibility index (Phi) is 3.55. The molecule has 3 heterocycles. The smallest absolute Gasteiger partial charge is 0.238 e. The molecular weight excluding hydrogens is 302 g/mol. The van der Waals surface area contributed by atoms with Crippen LogP contribution in [0.1, 0.15) is 16.8 Å². The molecule has 1 aliphatic rings. The van der Waals surface area contributed by atoms with Gasteiger partial charge in [0.2, 0.25) is 11.8 Å². The Bertz CT molecular complexity index is 928. The van der Waals surface area contributed by atoms with Crippen molar-refractivity contribution < 1.29 is 5.11 Å². The maximum atomic E-state index is 10.0. The van der Waals surface area contributed by atoms with E-state index in [-0.39, 0.29) is 5.88 Å². The average Bonchev–Trinajstić information content (AvgIpc) is 3.18. The van der Waals surface area contributed by atoms with Crippen molar-refractivity contribution in [1.82, 2.24) is 15.0 Å². The second-order valence-corrected chi connectivity index (χ2v) is 5.39. The van der Waals surface area contributed by atoms with Crippen LogP contribution in [0.2, 0.25) is 0 Å². The average molecular weight is 317 g/mol. The number of nitrogens with one attached hydrogen (secondary N) is 2. The summed E-state index contributed by atoms with van der Waals surface area (Å²) in [6.07, 6.45) is 5.25. The van der Waals surface area contributed by atoms with E-state index in [1.807, 2.05) is 48.5 Å². The number of fused-ring (bicyclic) bond motifs is 1. The molecular formula is C18H15N5O. The van der Waals surface area contributed by atoms with Gasteiger partial charge in [0.25, 0.3) is 0 Å². The van der Waals surface area contributed by atoms with Gasteiger partial charge in [0.15, 0.2) is 5.82 Å². The summed E-state index contributed by atoms with van der Waals surface area (Å²) in [4.78, 5) is 15.6. The normalized spacial score (nSPS) is 14.1. The molecule has 0 spiro atoms. The topological polar surface area (TPSA) is 86.2 Å². The largest absolute Gasteiger partial charge is 0.492 e. The summed E-state index contributed by atoms with van der Waals surface area (Å²) < 4.78 is 0. The molecule has 0 fully saturated rings. The third-order valence-electron chi connectivity index (χ3n) is 3.74. The van der Waals surface area contributed by atoms with E-state index >= 15 is 0 Å². The van der Waals surface area contributed by atoms with Crippen molar-refractivity contribution in [2.75, 3.05) is 5.32 Å². The first-order chi connectivity index (χ1) is 11.8. The number of nitrogens with zero attached hydrogens (tertiary/aromatic N) is 3. The van der Waals surface area contributed by atoms with E-state index in [2.05, 4.69) is 25.3 Å². The molecule has 4 rings (SSSR count). The van der Waals surface area contributed by atoms with Crippen LogP contribution in [-0.4, -0.2) is 26.3 Å². The number of rotatable bonds is 4. The van der Waals surface area contributed by atoms with E-state index in [0.29, 0.717) is 24.0 Å². The molecule has 0 aliphatic carbocycles. The molecule has 0 saturated heterocycles. The lowest BCUT2D eigenvalue weighted by molar-refractivity contribution is 0.455. The first kappa shape index (κ1) is 14.2. The first-order valence-electron chi connectivity index (χ1n) is 7.57. The maximum absolute atomic E-state index is 10.0. The Hall–Kier alpha value is -3.41. The predicted octanol–water partition coefficient (Wildman–Crippen LogP) is 3.38. The third-order valence-corrected chi connectivity index (χ3v) is 3.74. The summed E-state index contributed by atoms with van der Waals surface area (Å²) in [7, 11) is 0. The van der Waals surface area contributed by atoms with E-state index in [0.717, 1.165) is 16.7 Å². The number of aromatic amines is 1. The molecule has 0 unspecified atom stereocenters. The molecule has 6 heteroatoms. The van der Waals surface area contributed by atoms with Gasteiger partial charge in [0, 0.05) is 30.1 Å². The van der Waals surface area contributed by atoms with Crippen LogP contribution in [0.15, 0.2) is 53.7 Å². The van der Waals surface area contributed by atoms with Crippen molar-refractivity contribution in [2.24, 2.45) is 4.99 Å². The lowest BCUT2D eigenvalue weighted by atomic mass is 10.1. The van der Waals surface area contributed by atoms with Gasteiger partial charge in [-0.3, -0.25) is 0 Å². The fourth-order valence-corrected chi connectivity index (χ4v) is 2.54. The SMILES string of the molecule is Oc1nc(NCc2ccccc2)[nH]c1/C=C1\C=Nc2ncccc21. The number of hydrogen-bond donors (Lipinski definition) is 3. The monoisotopic (exact) mass is 317 g/mol. The highest BCUT2D eigenvalue weighted by molar-refractivity contribution is 6.20. The summed E-state index contributed by atoms with van der Waals surface area (Å²) in [6.45, 7) is 0.623. The van der Waals surface area contributed by atoms with E-state index in [1.165, 1.54) is 0 Å². The molecule has 3 N–H and O–H groups in total. The van der Waals surface area contributed by atoms with Gasteiger partial charge in [-0.1, -0.05) is 30.3 Å². The molecule has 24 heavy (non-hydrogen) atoms. The van der Waals surface area contributed by atoms with Gasteiger partial charge in [0.05, 0.1) is 0 Å². The molecule has 3 aromatic rings. The Morgan fingerprint density at radius 2 is 2.00 bits per heavy atom. The second kappa shape index (κ2) is 6.00. The van der Waals surface area contributed by atoms with Crippen LogP contribution in [0.5, 0.6) is 5.88 Å². The molecule has 1 aliphatic heterocycles. The quantitative estimate of drug-likeness (QED) is 0.688. The van der Waals surface area contributed by atoms with Crippen LogP contribution >= 0.6 is 0 Å². The molecule has 0 amide bonds. The van der Waals surface area contributed by atoms with Crippen molar-refractivity contribution in [3.8, 4) is 5.88 Å². The molecule has 0 radical (unpaired) electrons. The number of aromatic nitrogens is 3. The Morgan fingerprint density at radius 3 is 2.88 bits per heavy atom. The minimum atomic E-state index is -0.0520. The van der Waals surface area contributed by atoms with Crippen molar-refractivity contribution in [3.05, 3.63) is 65.5 Å². The zero-order chi connectivity index (χ0) is 16.4. The van der Waals surface area contributed by atoms with Gasteiger partial charge < -0.3 is 15.4 Å². The Balaban J connectivity index is 1.54. The second-order valence-electron chi connectivity index (χ2n) is 5.39. The summed E-state index contributed by atoms with van der Waals surface area (Å²) in [5.41, 5.74) is 3.48. The zero-order valence-electron chi connectivity index (χ0n) is 12.8. The van der Waals surface area contributed by atoms with Crippen molar-refractivity contribution >= 4 is 29.6 Å². The van der Waals surface area contributed by atoms with Crippen LogP contribution in [-0.2, 0) is 6.54 Å². The number of imidazole rings is 1. The van der Waals surface area contributed by atoms with Crippen molar-refractivity contribution in [3.63, 3.8) is 0 Å². The highest BCUT2D eigenvalue weighted by atomic mass is 16.3. The highest BCUT2D eigenvalue weighted by Crippen LogP contribution is 2.31. The van der Waals surface area contributed by atoms with Gasteiger partial charge in [-0.05, 0) is 23.8 Å². The molecule has 2 aromatic heterocycles. The summed E-state index contributed by atoms with van der Waals surface area (Å²) >= 11 is 0. The number of benzene rings is 1. The van der Waals surface area contributed by atoms with Crippen LogP contribution in [0, 0.1) is 0 Å². The Morgan fingerprint density at radius 1 is 1.12 bits per heavy atom. The molecule has 0 bridgehead atoms. The van der Waals surface area contributed by atoms with Gasteiger partial charge in [-0.25, -0.2) is 9.98 Å². The zero-order valence-corrected chi connectivity index (χ0v) is 12.8. The van der Waals surface area contributed by atoms with E-state index in [4.69, 9.17) is 0 Å². The van der Waals surface area contributed by atoms with Gasteiger partial charge in [-0.15, -0.1) is 0 Å². The fourth-order valence-electron chi connectivity index (χ4n) is 2.54. The number of aromatic hydroxyl groups is 1. The number of aliphatic imine (C=N–C) groups is 1. The lowest BCUT2D eigenvalue weighted by Crippen LogP contribution is -2.00. The van der Waals surface area contributed by atoms with Gasteiger partial charge >= 0.3 is 0 Å². The van der Waals surface area contributed by atoms with Crippen LogP contribution in [0.25, 0.3) is 11.6 Å². The third kappa shape index (κ3) is 2.77. The number of pyridine rings is 1.